The molecule has 0 aromatic heterocycles. The van der Waals surface area contributed by atoms with Crippen LogP contribution in [0.2, 0.25) is 0 Å². The Morgan fingerprint density at radius 1 is 0.311 bits per heavy atom. The molecule has 1 N–H and O–H groups in total. The van der Waals surface area contributed by atoms with E-state index in [0.717, 1.165) is 32.1 Å². The van der Waals surface area contributed by atoms with Crippen molar-refractivity contribution in [1.29, 1.82) is 0 Å². The molecule has 364 valence electrons. The van der Waals surface area contributed by atoms with E-state index in [-0.39, 0.29) is 25.2 Å². The number of aliphatic hydroxyl groups is 1. The van der Waals surface area contributed by atoms with Crippen LogP contribution in [-0.2, 0) is 19.1 Å². The van der Waals surface area contributed by atoms with E-state index in [0.29, 0.717) is 12.8 Å². The number of carbonyl (C=O) groups excluding carboxylic acids is 2. The SMILES string of the molecule is CCCCCCCCCCCCCCCCCCCCCCCCCCCCCCCC(=O)OC(CO)COC(=O)CCCCCCCCCCCCCCCCCCCC. The minimum Gasteiger partial charge on any atom is -0.462 e. The van der Waals surface area contributed by atoms with Gasteiger partial charge in [0.05, 0.1) is 6.61 Å². The highest BCUT2D eigenvalue weighted by Crippen LogP contribution is 2.18. The summed E-state index contributed by atoms with van der Waals surface area (Å²) >= 11 is 0. The maximum absolute atomic E-state index is 12.3. The second kappa shape index (κ2) is 53.2. The summed E-state index contributed by atoms with van der Waals surface area (Å²) in [6.07, 6.45) is 63.7. The van der Waals surface area contributed by atoms with E-state index >= 15 is 0 Å². The minimum atomic E-state index is -0.763. The van der Waals surface area contributed by atoms with Gasteiger partial charge in [0.25, 0.3) is 0 Å². The highest BCUT2D eigenvalue weighted by atomic mass is 16.6. The lowest BCUT2D eigenvalue weighted by Gasteiger charge is -2.15. The third-order valence-electron chi connectivity index (χ3n) is 13.2. The van der Waals surface area contributed by atoms with Gasteiger partial charge in [0.2, 0.25) is 0 Å². The van der Waals surface area contributed by atoms with Gasteiger partial charge in [-0.3, -0.25) is 9.59 Å². The molecular formula is C56H110O5. The summed E-state index contributed by atoms with van der Waals surface area (Å²) < 4.78 is 10.7. The smallest absolute Gasteiger partial charge is 0.306 e. The Kier molecular flexibility index (Phi) is 52.3. The number of hydrogen-bond donors (Lipinski definition) is 1. The van der Waals surface area contributed by atoms with Gasteiger partial charge in [-0.25, -0.2) is 0 Å². The summed E-state index contributed by atoms with van der Waals surface area (Å²) in [7, 11) is 0. The number of hydrogen-bond acceptors (Lipinski definition) is 5. The maximum Gasteiger partial charge on any atom is 0.306 e. The van der Waals surface area contributed by atoms with Crippen molar-refractivity contribution in [2.24, 2.45) is 0 Å². The second-order valence-corrected chi connectivity index (χ2v) is 19.4. The van der Waals surface area contributed by atoms with Gasteiger partial charge in [0.1, 0.15) is 6.61 Å². The lowest BCUT2D eigenvalue weighted by Crippen LogP contribution is -2.28. The number of carbonyl (C=O) groups is 2. The van der Waals surface area contributed by atoms with E-state index < -0.39 is 6.10 Å². The van der Waals surface area contributed by atoms with Crippen molar-refractivity contribution >= 4 is 11.9 Å². The molecule has 0 spiro atoms. The first-order valence-corrected chi connectivity index (χ1v) is 28.1. The monoisotopic (exact) mass is 863 g/mol. The number of unbranched alkanes of at least 4 members (excludes halogenated alkanes) is 45. The van der Waals surface area contributed by atoms with Gasteiger partial charge >= 0.3 is 11.9 Å². The molecule has 0 bridgehead atoms. The van der Waals surface area contributed by atoms with Gasteiger partial charge < -0.3 is 14.6 Å². The number of ether oxygens (including phenoxy) is 2. The van der Waals surface area contributed by atoms with E-state index in [1.165, 1.54) is 270 Å². The third-order valence-corrected chi connectivity index (χ3v) is 13.2. The maximum atomic E-state index is 12.3. The van der Waals surface area contributed by atoms with E-state index in [9.17, 15) is 14.7 Å². The minimum absolute atomic E-state index is 0.0558. The topological polar surface area (TPSA) is 72.8 Å². The molecule has 0 rings (SSSR count). The van der Waals surface area contributed by atoms with Crippen LogP contribution in [-0.4, -0.2) is 36.4 Å². The van der Waals surface area contributed by atoms with Crippen molar-refractivity contribution in [1.82, 2.24) is 0 Å². The van der Waals surface area contributed by atoms with Crippen LogP contribution in [0.3, 0.4) is 0 Å². The molecule has 0 aliphatic rings. The summed E-state index contributed by atoms with van der Waals surface area (Å²) in [6.45, 7) is 4.21. The Bertz CT molecular complexity index is 845. The highest BCUT2D eigenvalue weighted by molar-refractivity contribution is 5.70. The Hall–Kier alpha value is -1.10. The molecule has 1 unspecified atom stereocenters. The van der Waals surface area contributed by atoms with E-state index in [4.69, 9.17) is 9.47 Å². The Morgan fingerprint density at radius 2 is 0.508 bits per heavy atom. The number of rotatable bonds is 53. The van der Waals surface area contributed by atoms with Gasteiger partial charge in [-0.05, 0) is 12.8 Å². The summed E-state index contributed by atoms with van der Waals surface area (Å²) in [6, 6.07) is 0. The molecule has 0 aliphatic carbocycles. The molecule has 61 heavy (non-hydrogen) atoms. The zero-order valence-electron chi connectivity index (χ0n) is 41.7. The Morgan fingerprint density at radius 3 is 0.721 bits per heavy atom. The molecule has 0 saturated carbocycles. The Balaban J connectivity index is 3.38. The largest absolute Gasteiger partial charge is 0.462 e. The van der Waals surface area contributed by atoms with Crippen LogP contribution in [0.15, 0.2) is 0 Å². The Labute approximate surface area is 382 Å². The normalized spacial score (nSPS) is 12.0. The summed E-state index contributed by atoms with van der Waals surface area (Å²) in [5, 5.41) is 9.64. The molecule has 0 heterocycles. The first-order valence-electron chi connectivity index (χ1n) is 28.1. The fraction of sp³-hybridized carbons (Fsp3) is 0.964. The molecular weight excluding hydrogens is 753 g/mol. The molecule has 0 radical (unpaired) electrons. The van der Waals surface area contributed by atoms with Crippen molar-refractivity contribution in [2.75, 3.05) is 13.2 Å². The number of esters is 2. The van der Waals surface area contributed by atoms with E-state index in [2.05, 4.69) is 13.8 Å². The van der Waals surface area contributed by atoms with Crippen molar-refractivity contribution in [3.05, 3.63) is 0 Å². The quantitative estimate of drug-likeness (QED) is 0.0487. The third kappa shape index (κ3) is 51.4. The first-order chi connectivity index (χ1) is 30.1. The summed E-state index contributed by atoms with van der Waals surface area (Å²) in [5.41, 5.74) is 0. The van der Waals surface area contributed by atoms with Gasteiger partial charge in [-0.2, -0.15) is 0 Å². The fourth-order valence-electron chi connectivity index (χ4n) is 8.91. The van der Waals surface area contributed by atoms with Crippen LogP contribution in [0.4, 0.5) is 0 Å². The van der Waals surface area contributed by atoms with Gasteiger partial charge in [0, 0.05) is 12.8 Å². The van der Waals surface area contributed by atoms with Crippen LogP contribution < -0.4 is 0 Å². The zero-order chi connectivity index (χ0) is 44.2. The molecule has 0 fully saturated rings. The lowest BCUT2D eigenvalue weighted by atomic mass is 10.0. The van der Waals surface area contributed by atoms with Gasteiger partial charge in [0.15, 0.2) is 6.10 Å². The lowest BCUT2D eigenvalue weighted by molar-refractivity contribution is -0.161. The molecule has 0 aromatic carbocycles. The fourth-order valence-corrected chi connectivity index (χ4v) is 8.91. The predicted octanol–water partition coefficient (Wildman–Crippen LogP) is 18.6. The molecule has 0 aromatic rings. The molecule has 0 aliphatic heterocycles. The summed E-state index contributed by atoms with van der Waals surface area (Å²) in [4.78, 5) is 24.5. The standard InChI is InChI=1S/C56H110O5/c1-3-5-7-9-11-13-15-17-19-21-23-24-25-26-27-28-29-30-31-32-33-35-37-39-41-43-45-47-49-51-56(59)61-54(52-57)53-60-55(58)50-48-46-44-42-40-38-36-34-22-20-18-16-14-12-10-8-6-4-2/h54,57H,3-53H2,1-2H3. The van der Waals surface area contributed by atoms with E-state index in [1.54, 1.807) is 0 Å². The molecule has 0 amide bonds. The summed E-state index contributed by atoms with van der Waals surface area (Å²) in [5.74, 6) is -0.564. The van der Waals surface area contributed by atoms with Crippen LogP contribution in [0.1, 0.15) is 328 Å². The van der Waals surface area contributed by atoms with Crippen LogP contribution in [0.5, 0.6) is 0 Å². The van der Waals surface area contributed by atoms with E-state index in [1.807, 2.05) is 0 Å². The predicted molar refractivity (Wildman–Crippen MR) is 266 cm³/mol. The molecule has 1 atom stereocenters. The van der Waals surface area contributed by atoms with Gasteiger partial charge in [-0.15, -0.1) is 0 Å². The van der Waals surface area contributed by atoms with Crippen LogP contribution in [0.25, 0.3) is 0 Å². The average molecular weight is 863 g/mol. The van der Waals surface area contributed by atoms with Crippen molar-refractivity contribution in [3.63, 3.8) is 0 Å². The molecule has 5 nitrogen and oxygen atoms in total. The second-order valence-electron chi connectivity index (χ2n) is 19.4. The van der Waals surface area contributed by atoms with Gasteiger partial charge in [-0.1, -0.05) is 303 Å². The zero-order valence-corrected chi connectivity index (χ0v) is 41.7. The highest BCUT2D eigenvalue weighted by Gasteiger charge is 2.16. The van der Waals surface area contributed by atoms with Crippen LogP contribution >= 0.6 is 0 Å². The van der Waals surface area contributed by atoms with Crippen LogP contribution in [0, 0.1) is 0 Å². The average Bonchev–Trinajstić information content (AvgIpc) is 3.26. The first kappa shape index (κ1) is 59.9. The number of aliphatic hydroxyl groups excluding tert-OH is 1. The van der Waals surface area contributed by atoms with Crippen molar-refractivity contribution < 1.29 is 24.2 Å². The van der Waals surface area contributed by atoms with Crippen molar-refractivity contribution in [3.8, 4) is 0 Å². The molecule has 5 heteroatoms. The van der Waals surface area contributed by atoms with Crippen molar-refractivity contribution in [2.45, 2.75) is 335 Å². The molecule has 0 saturated heterocycles.